The van der Waals surface area contributed by atoms with Crippen molar-refractivity contribution in [2.24, 2.45) is 22.9 Å². The van der Waals surface area contributed by atoms with Crippen LogP contribution in [0.1, 0.15) is 93.9 Å². The molecule has 0 saturated heterocycles. The lowest BCUT2D eigenvalue weighted by Crippen LogP contribution is -2.63. The van der Waals surface area contributed by atoms with E-state index in [1.165, 1.54) is 0 Å². The zero-order valence-corrected chi connectivity index (χ0v) is 32.8. The second kappa shape index (κ2) is 20.2. The maximum absolute atomic E-state index is 9.92. The van der Waals surface area contributed by atoms with Gasteiger partial charge in [-0.1, -0.05) is 78.3 Å². The van der Waals surface area contributed by atoms with Gasteiger partial charge in [-0.25, -0.2) is 4.68 Å². The van der Waals surface area contributed by atoms with E-state index in [1.54, 1.807) is 18.3 Å². The number of oxime groups is 1. The Morgan fingerprint density at radius 1 is 0.982 bits per heavy atom. The summed E-state index contributed by atoms with van der Waals surface area (Å²) in [7, 11) is 0. The molecule has 6 rings (SSSR count). The SMILES string of the molecule is C=CCOc1ccc2c(c1)C1C(CCCCO)C(CCCCO)C=C3C(=NOCc4ccccc4)CC(n4nncc4C(OCC)OCC)C(OCC=C)(O2)C31. The first-order valence-electron chi connectivity index (χ1n) is 20.1. The van der Waals surface area contributed by atoms with Gasteiger partial charge in [0.15, 0.2) is 0 Å². The third-order valence-corrected chi connectivity index (χ3v) is 11.0. The average Bonchev–Trinajstić information content (AvgIpc) is 3.70. The third-order valence-electron chi connectivity index (χ3n) is 11.0. The molecule has 302 valence electrons. The number of hydrogen-bond acceptors (Lipinski definition) is 11. The summed E-state index contributed by atoms with van der Waals surface area (Å²) in [5.74, 6) is -0.148. The summed E-state index contributed by atoms with van der Waals surface area (Å²) in [6, 6.07) is 15.4. The van der Waals surface area contributed by atoms with Crippen molar-refractivity contribution in [3.05, 3.63) is 109 Å². The van der Waals surface area contributed by atoms with Crippen LogP contribution in [-0.4, -0.2) is 76.3 Å². The van der Waals surface area contributed by atoms with Crippen molar-refractivity contribution in [2.45, 2.75) is 89.4 Å². The molecular weight excluding hydrogens is 713 g/mol. The Morgan fingerprint density at radius 3 is 2.45 bits per heavy atom. The van der Waals surface area contributed by atoms with Crippen molar-refractivity contribution in [3.63, 3.8) is 0 Å². The smallest absolute Gasteiger partial charge is 0.241 e. The zero-order chi connectivity index (χ0) is 39.3. The molecule has 1 saturated carbocycles. The van der Waals surface area contributed by atoms with Gasteiger partial charge in [0.2, 0.25) is 12.1 Å². The number of ether oxygens (including phenoxy) is 5. The van der Waals surface area contributed by atoms with Gasteiger partial charge in [-0.15, -0.1) is 11.7 Å². The van der Waals surface area contributed by atoms with Gasteiger partial charge in [-0.2, -0.15) is 0 Å². The van der Waals surface area contributed by atoms with Gasteiger partial charge in [-0.05, 0) is 80.7 Å². The number of benzene rings is 2. The first-order valence-corrected chi connectivity index (χ1v) is 20.1. The van der Waals surface area contributed by atoms with Crippen LogP contribution in [0.15, 0.2) is 96.8 Å². The quantitative estimate of drug-likeness (QED) is 0.0429. The van der Waals surface area contributed by atoms with E-state index in [9.17, 15) is 10.2 Å². The maximum atomic E-state index is 9.92. The Hall–Kier alpha value is -4.33. The van der Waals surface area contributed by atoms with Crippen molar-refractivity contribution in [1.82, 2.24) is 15.0 Å². The first kappa shape index (κ1) is 41.3. The number of rotatable bonds is 23. The molecule has 2 heterocycles. The molecule has 1 fully saturated rings. The lowest BCUT2D eigenvalue weighted by atomic mass is 9.55. The van der Waals surface area contributed by atoms with Crippen LogP contribution < -0.4 is 9.47 Å². The fourth-order valence-electron chi connectivity index (χ4n) is 8.77. The Bertz CT molecular complexity index is 1770. The Morgan fingerprint density at radius 2 is 1.73 bits per heavy atom. The van der Waals surface area contributed by atoms with Crippen molar-refractivity contribution >= 4 is 5.71 Å². The number of hydrogen-bond donors (Lipinski definition) is 2. The molecule has 1 aromatic heterocycles. The van der Waals surface area contributed by atoms with Gasteiger partial charge in [0, 0.05) is 44.3 Å². The lowest BCUT2D eigenvalue weighted by Gasteiger charge is -2.58. The molecule has 0 radical (unpaired) electrons. The Labute approximate surface area is 330 Å². The summed E-state index contributed by atoms with van der Waals surface area (Å²) < 4.78 is 34.6. The van der Waals surface area contributed by atoms with E-state index in [4.69, 9.17) is 38.9 Å². The number of aliphatic hydroxyl groups excluding tert-OH is 2. The van der Waals surface area contributed by atoms with Gasteiger partial charge < -0.3 is 38.7 Å². The van der Waals surface area contributed by atoms with Gasteiger partial charge >= 0.3 is 0 Å². The van der Waals surface area contributed by atoms with E-state index >= 15 is 0 Å². The second-order valence-electron chi connectivity index (χ2n) is 14.5. The fourth-order valence-corrected chi connectivity index (χ4v) is 8.77. The van der Waals surface area contributed by atoms with Crippen LogP contribution >= 0.6 is 0 Å². The minimum Gasteiger partial charge on any atom is -0.490 e. The van der Waals surface area contributed by atoms with Gasteiger partial charge in [-0.3, -0.25) is 0 Å². The monoisotopic (exact) mass is 770 g/mol. The van der Waals surface area contributed by atoms with E-state index in [1.807, 2.05) is 61.0 Å². The highest BCUT2D eigenvalue weighted by Crippen LogP contribution is 2.63. The van der Waals surface area contributed by atoms with E-state index in [2.05, 4.69) is 30.4 Å². The van der Waals surface area contributed by atoms with E-state index < -0.39 is 18.1 Å². The molecule has 12 nitrogen and oxygen atoms in total. The molecule has 2 aromatic carbocycles. The van der Waals surface area contributed by atoms with E-state index in [0.29, 0.717) is 57.1 Å². The van der Waals surface area contributed by atoms with Crippen molar-refractivity contribution in [1.29, 1.82) is 0 Å². The number of nitrogens with zero attached hydrogens (tertiary/aromatic N) is 4. The van der Waals surface area contributed by atoms with Crippen molar-refractivity contribution < 1.29 is 38.7 Å². The molecular formula is C44H58N4O8. The predicted octanol–water partition coefficient (Wildman–Crippen LogP) is 7.62. The number of aromatic nitrogens is 3. The topological polar surface area (TPSA) is 139 Å². The third kappa shape index (κ3) is 8.95. The van der Waals surface area contributed by atoms with E-state index in [-0.39, 0.29) is 43.5 Å². The summed E-state index contributed by atoms with van der Waals surface area (Å²) >= 11 is 0. The van der Waals surface area contributed by atoms with Gasteiger partial charge in [0.1, 0.15) is 36.4 Å². The zero-order valence-electron chi connectivity index (χ0n) is 32.8. The highest BCUT2D eigenvalue weighted by atomic mass is 16.7. The number of fused-ring (bicyclic) bond motifs is 2. The number of aliphatic hydroxyl groups is 2. The van der Waals surface area contributed by atoms with Crippen LogP contribution in [0.5, 0.6) is 11.5 Å². The summed E-state index contributed by atoms with van der Waals surface area (Å²) in [5.41, 5.74) is 4.44. The lowest BCUT2D eigenvalue weighted by molar-refractivity contribution is -0.254. The molecule has 2 N–H and O–H groups in total. The van der Waals surface area contributed by atoms with Crippen LogP contribution in [0, 0.1) is 17.8 Å². The van der Waals surface area contributed by atoms with Crippen LogP contribution in [0.25, 0.3) is 0 Å². The van der Waals surface area contributed by atoms with Gasteiger partial charge in [0.25, 0.3) is 0 Å². The standard InChI is InChI=1S/C44H58N4O8/c1-5-24-53-33-20-21-39-36(27-33)41-34(19-13-15-23-50)32(18-12-14-22-49)26-35-37(46-55-30-31-16-10-9-11-17-31)28-40(44(56-39,42(35)41)54-25-6-2)48-38(29-45-47-48)43(51-7-3)52-8-4/h5-6,9-11,16-17,20-21,26-27,29,32,34,40-43,49-50H,1-2,7-8,12-15,18-19,22-25,28,30H2,3-4H3. The highest BCUT2D eigenvalue weighted by Gasteiger charge is 2.65. The maximum Gasteiger partial charge on any atom is 0.241 e. The summed E-state index contributed by atoms with van der Waals surface area (Å²) in [5, 5.41) is 33.8. The molecule has 0 spiro atoms. The summed E-state index contributed by atoms with van der Waals surface area (Å²) in [6.07, 6.45) is 12.0. The van der Waals surface area contributed by atoms with Crippen LogP contribution in [0.4, 0.5) is 0 Å². The molecule has 1 aliphatic heterocycles. The first-order chi connectivity index (χ1) is 27.5. The highest BCUT2D eigenvalue weighted by molar-refractivity contribution is 6.02. The molecule has 2 aliphatic carbocycles. The van der Waals surface area contributed by atoms with Crippen molar-refractivity contribution in [3.8, 4) is 11.5 Å². The predicted molar refractivity (Wildman–Crippen MR) is 213 cm³/mol. The minimum atomic E-state index is -1.31. The molecule has 0 bridgehead atoms. The molecule has 0 amide bonds. The molecule has 6 unspecified atom stereocenters. The van der Waals surface area contributed by atoms with Crippen LogP contribution in [0.2, 0.25) is 0 Å². The number of unbranched alkanes of at least 4 members (excludes halogenated alkanes) is 2. The summed E-state index contributed by atoms with van der Waals surface area (Å²) in [4.78, 5) is 6.20. The van der Waals surface area contributed by atoms with E-state index in [0.717, 1.165) is 53.8 Å². The fraction of sp³-hybridized carbons (Fsp3) is 0.523. The summed E-state index contributed by atoms with van der Waals surface area (Å²) in [6.45, 7) is 13.7. The molecule has 3 aliphatic rings. The molecule has 12 heteroatoms. The largest absolute Gasteiger partial charge is 0.490 e. The van der Waals surface area contributed by atoms with Crippen LogP contribution in [-0.2, 0) is 25.7 Å². The molecule has 6 atom stereocenters. The normalized spacial score (nSPS) is 24.6. The van der Waals surface area contributed by atoms with Crippen molar-refractivity contribution in [2.75, 3.05) is 39.6 Å². The minimum absolute atomic E-state index is 0.121. The molecule has 56 heavy (non-hydrogen) atoms. The Balaban J connectivity index is 1.59. The average molecular weight is 771 g/mol. The van der Waals surface area contributed by atoms with Crippen LogP contribution in [0.3, 0.4) is 0 Å². The molecule has 3 aromatic rings. The Kier molecular flexibility index (Phi) is 14.9. The number of allylic oxidation sites excluding steroid dienone is 1. The van der Waals surface area contributed by atoms with Gasteiger partial charge in [0.05, 0.1) is 24.4 Å². The second-order valence-corrected chi connectivity index (χ2v) is 14.5.